The van der Waals surface area contributed by atoms with Crippen LogP contribution in [0, 0.1) is 0 Å². The van der Waals surface area contributed by atoms with E-state index in [0.717, 1.165) is 16.3 Å². The van der Waals surface area contributed by atoms with Crippen LogP contribution in [0.25, 0.3) is 16.5 Å². The van der Waals surface area contributed by atoms with Gasteiger partial charge in [0.05, 0.1) is 11.6 Å². The Balaban J connectivity index is 1.66. The van der Waals surface area contributed by atoms with Gasteiger partial charge in [-0.25, -0.2) is 0 Å². The molecule has 6 nitrogen and oxygen atoms in total. The van der Waals surface area contributed by atoms with Crippen molar-refractivity contribution in [2.24, 2.45) is 0 Å². The van der Waals surface area contributed by atoms with Crippen molar-refractivity contribution in [3.63, 3.8) is 0 Å². The average Bonchev–Trinajstić information content (AvgIpc) is 3.09. The predicted molar refractivity (Wildman–Crippen MR) is 120 cm³/mol. The van der Waals surface area contributed by atoms with Crippen molar-refractivity contribution in [3.05, 3.63) is 114 Å². The van der Waals surface area contributed by atoms with Crippen molar-refractivity contribution in [2.45, 2.75) is 12.6 Å². The van der Waals surface area contributed by atoms with Gasteiger partial charge in [0.2, 0.25) is 0 Å². The molecule has 1 unspecified atom stereocenters. The fourth-order valence-corrected chi connectivity index (χ4v) is 4.12. The molecule has 0 aliphatic carbocycles. The first-order chi connectivity index (χ1) is 15.6. The molecule has 0 radical (unpaired) electrons. The van der Waals surface area contributed by atoms with Crippen LogP contribution < -0.4 is 0 Å². The van der Waals surface area contributed by atoms with E-state index in [9.17, 15) is 14.7 Å². The molecule has 6 heteroatoms. The minimum atomic E-state index is -0.732. The summed E-state index contributed by atoms with van der Waals surface area (Å²) < 4.78 is 0. The van der Waals surface area contributed by atoms with E-state index >= 15 is 0 Å². The van der Waals surface area contributed by atoms with Crippen molar-refractivity contribution in [1.82, 2.24) is 14.9 Å². The maximum absolute atomic E-state index is 13.1. The maximum Gasteiger partial charge on any atom is 0.295 e. The van der Waals surface area contributed by atoms with Crippen LogP contribution in [0.5, 0.6) is 0 Å². The van der Waals surface area contributed by atoms with Gasteiger partial charge >= 0.3 is 0 Å². The van der Waals surface area contributed by atoms with Crippen molar-refractivity contribution in [2.75, 3.05) is 0 Å². The summed E-state index contributed by atoms with van der Waals surface area (Å²) in [5.41, 5.74) is 2.05. The van der Waals surface area contributed by atoms with Crippen molar-refractivity contribution < 1.29 is 14.7 Å². The fraction of sp³-hybridized carbons (Fsp3) is 0.0769. The van der Waals surface area contributed by atoms with Crippen molar-refractivity contribution in [1.29, 1.82) is 0 Å². The van der Waals surface area contributed by atoms with Gasteiger partial charge in [0.25, 0.3) is 11.7 Å². The molecular weight excluding hydrogens is 402 g/mol. The van der Waals surface area contributed by atoms with E-state index in [1.54, 1.807) is 49.1 Å². The van der Waals surface area contributed by atoms with Gasteiger partial charge in [-0.2, -0.15) is 0 Å². The van der Waals surface area contributed by atoms with Crippen LogP contribution in [0.4, 0.5) is 0 Å². The van der Waals surface area contributed by atoms with E-state index in [1.165, 1.54) is 4.90 Å². The largest absolute Gasteiger partial charge is 0.507 e. The monoisotopic (exact) mass is 421 g/mol. The number of amides is 1. The number of carbonyl (C=O) groups excluding carboxylic acids is 2. The predicted octanol–water partition coefficient (Wildman–Crippen LogP) is 4.25. The average molecular weight is 421 g/mol. The van der Waals surface area contributed by atoms with E-state index in [4.69, 9.17) is 0 Å². The Morgan fingerprint density at radius 2 is 1.66 bits per heavy atom. The number of aliphatic hydroxyl groups excluding tert-OH is 1. The molecule has 1 atom stereocenters. The van der Waals surface area contributed by atoms with Crippen molar-refractivity contribution >= 4 is 28.2 Å². The number of ketones is 1. The summed E-state index contributed by atoms with van der Waals surface area (Å²) in [4.78, 5) is 35.8. The molecule has 1 aliphatic heterocycles. The molecule has 156 valence electrons. The summed E-state index contributed by atoms with van der Waals surface area (Å²) >= 11 is 0. The second-order valence-corrected chi connectivity index (χ2v) is 7.63. The third kappa shape index (κ3) is 3.41. The number of rotatable bonds is 4. The van der Waals surface area contributed by atoms with Gasteiger partial charge in [-0.3, -0.25) is 19.6 Å². The molecule has 32 heavy (non-hydrogen) atoms. The van der Waals surface area contributed by atoms with Crippen LogP contribution in [0.1, 0.15) is 22.7 Å². The molecule has 4 aromatic rings. The van der Waals surface area contributed by atoms with E-state index in [-0.39, 0.29) is 17.9 Å². The van der Waals surface area contributed by atoms with Gasteiger partial charge in [-0.05, 0) is 46.2 Å². The highest BCUT2D eigenvalue weighted by Gasteiger charge is 2.46. The number of nitrogens with zero attached hydrogens (tertiary/aromatic N) is 3. The number of aliphatic hydroxyl groups is 1. The lowest BCUT2D eigenvalue weighted by atomic mass is 9.95. The van der Waals surface area contributed by atoms with Crippen LogP contribution in [0.15, 0.2) is 97.1 Å². The number of pyridine rings is 2. The highest BCUT2D eigenvalue weighted by Crippen LogP contribution is 2.40. The summed E-state index contributed by atoms with van der Waals surface area (Å²) in [7, 11) is 0. The number of aromatic nitrogens is 2. The summed E-state index contributed by atoms with van der Waals surface area (Å²) in [6, 6.07) is 19.6. The SMILES string of the molecule is O=C1C(=O)N(Cc2cccnc2)C(c2ccncc2)/C1=C(/O)c1ccc2ccccc2c1. The molecule has 1 N–H and O–H groups in total. The molecule has 5 rings (SSSR count). The summed E-state index contributed by atoms with van der Waals surface area (Å²) in [5.74, 6) is -1.55. The highest BCUT2D eigenvalue weighted by atomic mass is 16.3. The Bertz CT molecular complexity index is 1350. The van der Waals surface area contributed by atoms with Crippen molar-refractivity contribution in [3.8, 4) is 0 Å². The molecule has 1 fully saturated rings. The maximum atomic E-state index is 13.1. The lowest BCUT2D eigenvalue weighted by molar-refractivity contribution is -0.140. The standard InChI is InChI=1S/C26H19N3O3/c30-24(21-8-7-18-5-1-2-6-20(18)14-21)22-23(19-9-12-27-13-10-19)29(26(32)25(22)31)16-17-4-3-11-28-15-17/h1-15,23,30H,16H2/b24-22-. The number of hydrogen-bond acceptors (Lipinski definition) is 5. The smallest absolute Gasteiger partial charge is 0.295 e. The van der Waals surface area contributed by atoms with Gasteiger partial charge in [-0.15, -0.1) is 0 Å². The lowest BCUT2D eigenvalue weighted by Gasteiger charge is -2.25. The quantitative estimate of drug-likeness (QED) is 0.303. The van der Waals surface area contributed by atoms with Crippen LogP contribution >= 0.6 is 0 Å². The van der Waals surface area contributed by atoms with Crippen LogP contribution in [0.2, 0.25) is 0 Å². The Hall–Kier alpha value is -4.32. The van der Waals surface area contributed by atoms with Gasteiger partial charge in [0.15, 0.2) is 0 Å². The molecule has 1 aliphatic rings. The number of benzene rings is 2. The first kappa shape index (κ1) is 19.6. The number of carbonyl (C=O) groups is 2. The Morgan fingerprint density at radius 1 is 0.875 bits per heavy atom. The van der Waals surface area contributed by atoms with E-state index in [0.29, 0.717) is 11.1 Å². The summed E-state index contributed by atoms with van der Waals surface area (Å²) in [6.45, 7) is 0.194. The Labute approximate surface area is 184 Å². The first-order valence-corrected chi connectivity index (χ1v) is 10.2. The molecule has 2 aromatic heterocycles. The topological polar surface area (TPSA) is 83.4 Å². The van der Waals surface area contributed by atoms with Gasteiger partial charge in [0, 0.05) is 36.9 Å². The molecular formula is C26H19N3O3. The number of hydrogen-bond donors (Lipinski definition) is 1. The van der Waals surface area contributed by atoms with Gasteiger partial charge in [-0.1, -0.05) is 42.5 Å². The van der Waals surface area contributed by atoms with Crippen LogP contribution in [-0.2, 0) is 16.1 Å². The molecule has 1 saturated heterocycles. The second kappa shape index (κ2) is 8.07. The number of likely N-dealkylation sites (tertiary alicyclic amines) is 1. The zero-order chi connectivity index (χ0) is 22.1. The van der Waals surface area contributed by atoms with Gasteiger partial charge in [0.1, 0.15) is 5.76 Å². The molecule has 1 amide bonds. The highest BCUT2D eigenvalue weighted by molar-refractivity contribution is 6.46. The Kier molecular flexibility index (Phi) is 4.95. The van der Waals surface area contributed by atoms with E-state index in [1.807, 2.05) is 42.5 Å². The van der Waals surface area contributed by atoms with Crippen LogP contribution in [-0.4, -0.2) is 31.7 Å². The third-order valence-corrected chi connectivity index (χ3v) is 5.66. The molecule has 0 spiro atoms. The van der Waals surface area contributed by atoms with E-state index < -0.39 is 17.7 Å². The summed E-state index contributed by atoms with van der Waals surface area (Å²) in [5, 5.41) is 13.2. The van der Waals surface area contributed by atoms with Crippen LogP contribution in [0.3, 0.4) is 0 Å². The Morgan fingerprint density at radius 3 is 2.41 bits per heavy atom. The number of fused-ring (bicyclic) bond motifs is 1. The molecule has 0 bridgehead atoms. The molecule has 0 saturated carbocycles. The minimum absolute atomic E-state index is 0.0698. The zero-order valence-corrected chi connectivity index (χ0v) is 17.1. The third-order valence-electron chi connectivity index (χ3n) is 5.66. The second-order valence-electron chi connectivity index (χ2n) is 7.63. The number of Topliss-reactive ketones (excluding diaryl/α,β-unsaturated/α-hetero) is 1. The first-order valence-electron chi connectivity index (χ1n) is 10.2. The molecule has 3 heterocycles. The van der Waals surface area contributed by atoms with E-state index in [2.05, 4.69) is 9.97 Å². The zero-order valence-electron chi connectivity index (χ0n) is 17.1. The lowest BCUT2D eigenvalue weighted by Crippen LogP contribution is -2.29. The van der Waals surface area contributed by atoms with Gasteiger partial charge < -0.3 is 10.0 Å². The summed E-state index contributed by atoms with van der Waals surface area (Å²) in [6.07, 6.45) is 6.52. The normalized spacial score (nSPS) is 17.8. The minimum Gasteiger partial charge on any atom is -0.507 e. The molecule has 2 aromatic carbocycles. The fourth-order valence-electron chi connectivity index (χ4n) is 4.12.